The number of aromatic nitrogens is 4. The molecule has 4 unspecified atom stereocenters. The molecule has 240 valence electrons. The van der Waals surface area contributed by atoms with Gasteiger partial charge in [0.1, 0.15) is 18.1 Å². The molecule has 0 spiro atoms. The fraction of sp³-hybridized carbons (Fsp3) is 0.303. The average Bonchev–Trinajstić information content (AvgIpc) is 3.79. The molecule has 0 aliphatic rings. The Bertz CT molecular complexity index is 1830. The largest absolute Gasteiger partial charge is 0.480 e. The van der Waals surface area contributed by atoms with Crippen LogP contribution in [0.1, 0.15) is 30.7 Å². The van der Waals surface area contributed by atoms with Crippen molar-refractivity contribution in [3.63, 3.8) is 0 Å². The minimum atomic E-state index is -1.24. The number of aliphatic carboxylic acids is 1. The number of para-hydroxylation sites is 2. The minimum absolute atomic E-state index is 0.0390. The Balaban J connectivity index is 1.33. The Kier molecular flexibility index (Phi) is 9.82. The molecule has 5 aromatic rings. The zero-order valence-corrected chi connectivity index (χ0v) is 25.5. The number of carboxylic acid groups (broad SMARTS) is 1. The number of hydrogen-bond acceptors (Lipinski definition) is 6. The van der Waals surface area contributed by atoms with Crippen molar-refractivity contribution in [2.45, 2.75) is 57.3 Å². The Labute approximate surface area is 264 Å². The fourth-order valence-corrected chi connectivity index (χ4v) is 5.51. The molecule has 2 aromatic carbocycles. The van der Waals surface area contributed by atoms with Crippen LogP contribution in [-0.4, -0.2) is 72.9 Å². The summed E-state index contributed by atoms with van der Waals surface area (Å²) >= 11 is 0. The summed E-state index contributed by atoms with van der Waals surface area (Å²) in [6.45, 7) is 3.49. The van der Waals surface area contributed by atoms with E-state index in [1.165, 1.54) is 6.33 Å². The second-order valence-corrected chi connectivity index (χ2v) is 11.7. The lowest BCUT2D eigenvalue weighted by Crippen LogP contribution is -2.59. The van der Waals surface area contributed by atoms with Crippen LogP contribution in [0.15, 0.2) is 73.4 Å². The normalized spacial score (nSPS) is 14.1. The second-order valence-electron chi connectivity index (χ2n) is 11.7. The number of benzene rings is 2. The second kappa shape index (κ2) is 14.1. The van der Waals surface area contributed by atoms with Gasteiger partial charge in [-0.1, -0.05) is 50.2 Å². The zero-order valence-electron chi connectivity index (χ0n) is 25.5. The molecule has 0 radical (unpaired) electrons. The monoisotopic (exact) mass is 626 g/mol. The van der Waals surface area contributed by atoms with E-state index in [4.69, 9.17) is 5.73 Å². The van der Waals surface area contributed by atoms with Crippen LogP contribution >= 0.6 is 0 Å². The predicted molar refractivity (Wildman–Crippen MR) is 173 cm³/mol. The van der Waals surface area contributed by atoms with Crippen LogP contribution in [0, 0.1) is 5.92 Å². The smallest absolute Gasteiger partial charge is 0.326 e. The maximum atomic E-state index is 13.8. The van der Waals surface area contributed by atoms with Gasteiger partial charge < -0.3 is 41.7 Å². The van der Waals surface area contributed by atoms with Crippen LogP contribution in [0.3, 0.4) is 0 Å². The van der Waals surface area contributed by atoms with Gasteiger partial charge in [-0.3, -0.25) is 14.4 Å². The van der Waals surface area contributed by atoms with Crippen LogP contribution in [0.2, 0.25) is 0 Å². The number of imidazole rings is 1. The predicted octanol–water partition coefficient (Wildman–Crippen LogP) is 1.92. The number of nitrogens with one attached hydrogen (secondary N) is 6. The van der Waals surface area contributed by atoms with Gasteiger partial charge in [0.2, 0.25) is 17.7 Å². The van der Waals surface area contributed by atoms with Crippen molar-refractivity contribution in [1.82, 2.24) is 35.9 Å². The third kappa shape index (κ3) is 7.44. The number of H-pyrrole nitrogens is 3. The molecule has 9 N–H and O–H groups in total. The first-order chi connectivity index (χ1) is 22.1. The molecule has 0 aliphatic heterocycles. The molecule has 0 bridgehead atoms. The highest BCUT2D eigenvalue weighted by molar-refractivity contribution is 5.95. The van der Waals surface area contributed by atoms with E-state index in [0.29, 0.717) is 5.69 Å². The molecule has 0 aliphatic carbocycles. The molecule has 0 saturated carbocycles. The third-order valence-corrected chi connectivity index (χ3v) is 8.02. The summed E-state index contributed by atoms with van der Waals surface area (Å²) in [5.41, 5.74) is 10.1. The van der Waals surface area contributed by atoms with Gasteiger partial charge in [0.15, 0.2) is 0 Å². The number of nitrogens with zero attached hydrogens (tertiary/aromatic N) is 1. The van der Waals surface area contributed by atoms with Gasteiger partial charge >= 0.3 is 5.97 Å². The van der Waals surface area contributed by atoms with E-state index >= 15 is 0 Å². The highest BCUT2D eigenvalue weighted by Gasteiger charge is 2.33. The van der Waals surface area contributed by atoms with Crippen molar-refractivity contribution in [2.75, 3.05) is 0 Å². The minimum Gasteiger partial charge on any atom is -0.480 e. The van der Waals surface area contributed by atoms with Crippen LogP contribution in [-0.2, 0) is 38.4 Å². The lowest BCUT2D eigenvalue weighted by molar-refractivity contribution is -0.142. The average molecular weight is 627 g/mol. The number of carbonyl (C=O) groups excluding carboxylic acids is 3. The lowest BCUT2D eigenvalue weighted by atomic mass is 9.99. The number of aromatic amines is 3. The molecule has 46 heavy (non-hydrogen) atoms. The van der Waals surface area contributed by atoms with Gasteiger partial charge in [0.05, 0.1) is 12.4 Å². The summed E-state index contributed by atoms with van der Waals surface area (Å²) in [4.78, 5) is 65.9. The summed E-state index contributed by atoms with van der Waals surface area (Å²) in [6.07, 6.45) is 6.88. The molecule has 0 fully saturated rings. The Morgan fingerprint density at radius 3 is 1.87 bits per heavy atom. The van der Waals surface area contributed by atoms with E-state index in [0.717, 1.165) is 32.9 Å². The molecule has 3 amide bonds. The van der Waals surface area contributed by atoms with Crippen LogP contribution in [0.5, 0.6) is 0 Å². The van der Waals surface area contributed by atoms with E-state index in [1.54, 1.807) is 32.4 Å². The first kappa shape index (κ1) is 32.0. The number of carbonyl (C=O) groups is 4. The molecule has 13 heteroatoms. The molecule has 4 atom stereocenters. The summed E-state index contributed by atoms with van der Waals surface area (Å²) < 4.78 is 0. The molecule has 3 aromatic heterocycles. The van der Waals surface area contributed by atoms with Crippen LogP contribution < -0.4 is 21.7 Å². The number of nitrogens with two attached hydrogens (primary N) is 1. The summed E-state index contributed by atoms with van der Waals surface area (Å²) in [7, 11) is 0. The first-order valence-corrected chi connectivity index (χ1v) is 15.1. The highest BCUT2D eigenvalue weighted by Crippen LogP contribution is 2.21. The molecule has 5 rings (SSSR count). The SMILES string of the molecule is CC(C)C(NC(=O)C(Cc1c[nH]c2ccccc12)NC(=O)C(N)Cc1cnc[nH]1)C(=O)NC(Cc1c[nH]c2ccccc12)C(=O)O. The number of carboxylic acids is 1. The van der Waals surface area contributed by atoms with Crippen LogP contribution in [0.25, 0.3) is 21.8 Å². The Morgan fingerprint density at radius 2 is 1.33 bits per heavy atom. The molecular formula is C33H38N8O5. The maximum Gasteiger partial charge on any atom is 0.326 e. The summed E-state index contributed by atoms with van der Waals surface area (Å²) in [5.74, 6) is -3.42. The van der Waals surface area contributed by atoms with Gasteiger partial charge in [-0.2, -0.15) is 0 Å². The summed E-state index contributed by atoms with van der Waals surface area (Å²) in [6, 6.07) is 10.7. The Hall–Kier alpha value is -5.43. The quantitative estimate of drug-likeness (QED) is 0.0917. The van der Waals surface area contributed by atoms with E-state index in [1.807, 2.05) is 48.5 Å². The Morgan fingerprint density at radius 1 is 0.761 bits per heavy atom. The van der Waals surface area contributed by atoms with Crippen molar-refractivity contribution >= 4 is 45.5 Å². The van der Waals surface area contributed by atoms with Gasteiger partial charge in [0.25, 0.3) is 0 Å². The van der Waals surface area contributed by atoms with Crippen molar-refractivity contribution in [1.29, 1.82) is 0 Å². The van der Waals surface area contributed by atoms with Crippen molar-refractivity contribution in [3.8, 4) is 0 Å². The van der Waals surface area contributed by atoms with E-state index < -0.39 is 53.8 Å². The van der Waals surface area contributed by atoms with E-state index in [2.05, 4.69) is 35.9 Å². The van der Waals surface area contributed by atoms with Gasteiger partial charge in [0, 0.05) is 65.4 Å². The number of amides is 3. The van der Waals surface area contributed by atoms with Gasteiger partial charge in [-0.15, -0.1) is 0 Å². The summed E-state index contributed by atoms with van der Waals surface area (Å²) in [5, 5.41) is 19.9. The number of rotatable bonds is 14. The van der Waals surface area contributed by atoms with Crippen LogP contribution in [0.4, 0.5) is 0 Å². The molecule has 13 nitrogen and oxygen atoms in total. The van der Waals surface area contributed by atoms with Gasteiger partial charge in [-0.25, -0.2) is 9.78 Å². The van der Waals surface area contributed by atoms with Crippen molar-refractivity contribution in [3.05, 3.63) is 90.3 Å². The van der Waals surface area contributed by atoms with E-state index in [9.17, 15) is 24.3 Å². The fourth-order valence-electron chi connectivity index (χ4n) is 5.51. The highest BCUT2D eigenvalue weighted by atomic mass is 16.4. The molecule has 3 heterocycles. The third-order valence-electron chi connectivity index (χ3n) is 8.02. The van der Waals surface area contributed by atoms with E-state index in [-0.39, 0.29) is 19.3 Å². The van der Waals surface area contributed by atoms with Crippen molar-refractivity contribution in [2.24, 2.45) is 11.7 Å². The zero-order chi connectivity index (χ0) is 32.8. The standard InChI is InChI=1S/C33H38N8O5/c1-18(2)29(32(44)40-28(33(45)46)12-20-15-37-26-10-6-4-8-23(20)26)41-31(43)27(11-19-14-36-25-9-5-3-7-22(19)25)39-30(42)24(34)13-21-16-35-17-38-21/h3-10,14-18,24,27-29,36-37H,11-13,34H2,1-2H3,(H,35,38)(H,39,42)(H,40,44)(H,41,43)(H,45,46). The van der Waals surface area contributed by atoms with Crippen molar-refractivity contribution < 1.29 is 24.3 Å². The number of hydrogen-bond donors (Lipinski definition) is 8. The topological polar surface area (TPSA) is 211 Å². The lowest BCUT2D eigenvalue weighted by Gasteiger charge is -2.27. The molecule has 0 saturated heterocycles. The van der Waals surface area contributed by atoms with Gasteiger partial charge in [-0.05, 0) is 29.2 Å². The number of fused-ring (bicyclic) bond motifs is 2. The maximum absolute atomic E-state index is 13.8. The first-order valence-electron chi connectivity index (χ1n) is 15.1. The molecular weight excluding hydrogens is 588 g/mol.